The van der Waals surface area contributed by atoms with Crippen molar-refractivity contribution in [3.8, 4) is 0 Å². The molecule has 0 radical (unpaired) electrons. The highest BCUT2D eigenvalue weighted by molar-refractivity contribution is 7.31. The Hall–Kier alpha value is -0.970. The zero-order valence-electron chi connectivity index (χ0n) is 12.2. The standard InChI is InChI=1S/C13H21N2O4P/c1-7-5-15(13(17)14-11(7)16)12-9(3)8(2)10(19-12)6-18-20-4/h5,8-10,12,20H,6H2,1-4H3,(H,14,16,17)/t8?,9-,10+,12+/m0/s1. The largest absolute Gasteiger partial charge is 0.360 e. The molecule has 1 saturated heterocycles. The van der Waals surface area contributed by atoms with Crippen LogP contribution in [0.25, 0.3) is 0 Å². The van der Waals surface area contributed by atoms with Crippen LogP contribution in [0.2, 0.25) is 0 Å². The summed E-state index contributed by atoms with van der Waals surface area (Å²) in [5.74, 6) is 0.460. The summed E-state index contributed by atoms with van der Waals surface area (Å²) in [5, 5.41) is 0. The Morgan fingerprint density at radius 3 is 2.75 bits per heavy atom. The molecule has 112 valence electrons. The maximum absolute atomic E-state index is 11.9. The Labute approximate surface area is 119 Å². The number of H-pyrrole nitrogens is 1. The summed E-state index contributed by atoms with van der Waals surface area (Å²) in [6.07, 6.45) is 1.18. The fourth-order valence-electron chi connectivity index (χ4n) is 2.48. The van der Waals surface area contributed by atoms with Gasteiger partial charge in [-0.05, 0) is 19.5 Å². The molecule has 1 N–H and O–H groups in total. The molecule has 0 amide bonds. The van der Waals surface area contributed by atoms with E-state index in [2.05, 4.69) is 18.8 Å². The van der Waals surface area contributed by atoms with E-state index in [1.807, 2.05) is 6.66 Å². The van der Waals surface area contributed by atoms with Crippen molar-refractivity contribution < 1.29 is 9.26 Å². The lowest BCUT2D eigenvalue weighted by molar-refractivity contribution is -0.0313. The van der Waals surface area contributed by atoms with E-state index in [4.69, 9.17) is 9.26 Å². The van der Waals surface area contributed by atoms with Gasteiger partial charge in [0.1, 0.15) is 6.23 Å². The van der Waals surface area contributed by atoms with E-state index >= 15 is 0 Å². The number of hydrogen-bond acceptors (Lipinski definition) is 4. The predicted molar refractivity (Wildman–Crippen MR) is 78.5 cm³/mol. The first-order chi connectivity index (χ1) is 9.45. The second-order valence-corrected chi connectivity index (χ2v) is 5.97. The topological polar surface area (TPSA) is 73.3 Å². The van der Waals surface area contributed by atoms with Crippen molar-refractivity contribution in [1.82, 2.24) is 9.55 Å². The zero-order valence-corrected chi connectivity index (χ0v) is 13.2. The molecule has 20 heavy (non-hydrogen) atoms. The molecule has 2 heterocycles. The van der Waals surface area contributed by atoms with Gasteiger partial charge in [-0.15, -0.1) is 0 Å². The molecule has 0 spiro atoms. The summed E-state index contributed by atoms with van der Waals surface area (Å²) in [7, 11) is 0.423. The number of rotatable bonds is 4. The molecule has 1 aromatic rings. The highest BCUT2D eigenvalue weighted by Crippen LogP contribution is 2.38. The first-order valence-corrected chi connectivity index (χ1v) is 8.12. The van der Waals surface area contributed by atoms with Crippen LogP contribution >= 0.6 is 8.81 Å². The first-order valence-electron chi connectivity index (χ1n) is 6.71. The molecule has 5 atom stereocenters. The lowest BCUT2D eigenvalue weighted by atomic mass is 9.93. The average molecular weight is 300 g/mol. The Balaban J connectivity index is 2.28. The van der Waals surface area contributed by atoms with Crippen LogP contribution in [0.1, 0.15) is 25.6 Å². The molecular formula is C13H21N2O4P. The molecule has 1 fully saturated rings. The summed E-state index contributed by atoms with van der Waals surface area (Å²) in [6.45, 7) is 8.33. The third kappa shape index (κ3) is 2.87. The SMILES string of the molecule is CPOC[C@H]1O[C@@H](n2cc(C)c(=O)[nH]c2=O)[C@@H](C)C1C. The van der Waals surface area contributed by atoms with Crippen LogP contribution in [0.4, 0.5) is 0 Å². The zero-order chi connectivity index (χ0) is 14.9. The Morgan fingerprint density at radius 2 is 2.10 bits per heavy atom. The van der Waals surface area contributed by atoms with Gasteiger partial charge in [0, 0.05) is 26.5 Å². The maximum atomic E-state index is 11.9. The van der Waals surface area contributed by atoms with Crippen LogP contribution in [0, 0.1) is 18.8 Å². The van der Waals surface area contributed by atoms with Crippen molar-refractivity contribution >= 4 is 8.81 Å². The number of hydrogen-bond donors (Lipinski definition) is 1. The lowest BCUT2D eigenvalue weighted by Crippen LogP contribution is -2.35. The van der Waals surface area contributed by atoms with E-state index in [-0.39, 0.29) is 29.7 Å². The molecule has 0 aromatic carbocycles. The monoisotopic (exact) mass is 300 g/mol. The summed E-state index contributed by atoms with van der Waals surface area (Å²) in [5.41, 5.74) is -0.275. The summed E-state index contributed by atoms with van der Waals surface area (Å²) >= 11 is 0. The average Bonchev–Trinajstić information content (AvgIpc) is 2.68. The van der Waals surface area contributed by atoms with Crippen molar-refractivity contribution in [3.05, 3.63) is 32.6 Å². The van der Waals surface area contributed by atoms with E-state index in [0.717, 1.165) is 0 Å². The predicted octanol–water partition coefficient (Wildman–Crippen LogP) is 1.25. The Kier molecular flexibility index (Phi) is 4.78. The number of aromatic amines is 1. The van der Waals surface area contributed by atoms with Crippen LogP contribution in [0.15, 0.2) is 15.8 Å². The minimum Gasteiger partial charge on any atom is -0.360 e. The van der Waals surface area contributed by atoms with Gasteiger partial charge in [0.15, 0.2) is 0 Å². The van der Waals surface area contributed by atoms with Gasteiger partial charge >= 0.3 is 5.69 Å². The van der Waals surface area contributed by atoms with Crippen molar-refractivity contribution in [3.63, 3.8) is 0 Å². The fraction of sp³-hybridized carbons (Fsp3) is 0.692. The number of nitrogens with one attached hydrogen (secondary N) is 1. The summed E-state index contributed by atoms with van der Waals surface area (Å²) in [6, 6.07) is 0. The molecule has 0 saturated carbocycles. The number of nitrogens with zero attached hydrogens (tertiary/aromatic N) is 1. The molecule has 1 aliphatic heterocycles. The van der Waals surface area contributed by atoms with E-state index in [0.29, 0.717) is 21.0 Å². The molecule has 6 nitrogen and oxygen atoms in total. The number of aryl methyl sites for hydroxylation is 1. The van der Waals surface area contributed by atoms with Gasteiger partial charge < -0.3 is 9.26 Å². The Morgan fingerprint density at radius 1 is 1.40 bits per heavy atom. The molecule has 0 aliphatic carbocycles. The molecule has 0 bridgehead atoms. The van der Waals surface area contributed by atoms with Gasteiger partial charge in [-0.2, -0.15) is 0 Å². The van der Waals surface area contributed by atoms with Crippen molar-refractivity contribution in [2.24, 2.45) is 11.8 Å². The second kappa shape index (κ2) is 6.20. The van der Waals surface area contributed by atoms with Crippen molar-refractivity contribution in [2.45, 2.75) is 33.1 Å². The summed E-state index contributed by atoms with van der Waals surface area (Å²) in [4.78, 5) is 25.7. The molecule has 2 unspecified atom stereocenters. The summed E-state index contributed by atoms with van der Waals surface area (Å²) < 4.78 is 12.9. The molecular weight excluding hydrogens is 279 g/mol. The third-order valence-corrected chi connectivity index (χ3v) is 4.45. The Bertz CT molecular complexity index is 582. The van der Waals surface area contributed by atoms with Gasteiger partial charge in [0.05, 0.1) is 12.7 Å². The van der Waals surface area contributed by atoms with Gasteiger partial charge in [0.2, 0.25) is 0 Å². The van der Waals surface area contributed by atoms with Gasteiger partial charge in [-0.25, -0.2) is 4.79 Å². The van der Waals surface area contributed by atoms with Crippen molar-refractivity contribution in [1.29, 1.82) is 0 Å². The van der Waals surface area contributed by atoms with Gasteiger partial charge in [-0.3, -0.25) is 14.3 Å². The third-order valence-electron chi connectivity index (χ3n) is 3.99. The van der Waals surface area contributed by atoms with Crippen LogP contribution in [0.5, 0.6) is 0 Å². The second-order valence-electron chi connectivity index (χ2n) is 5.28. The van der Waals surface area contributed by atoms with Crippen LogP contribution < -0.4 is 11.2 Å². The normalized spacial score (nSPS) is 30.4. The van der Waals surface area contributed by atoms with Gasteiger partial charge in [0.25, 0.3) is 5.56 Å². The van der Waals surface area contributed by atoms with Crippen LogP contribution in [-0.2, 0) is 9.26 Å². The minimum atomic E-state index is -0.427. The van der Waals surface area contributed by atoms with E-state index < -0.39 is 5.69 Å². The molecule has 1 aromatic heterocycles. The molecule has 1 aliphatic rings. The van der Waals surface area contributed by atoms with E-state index in [1.165, 1.54) is 4.57 Å². The lowest BCUT2D eigenvalue weighted by Gasteiger charge is -2.18. The van der Waals surface area contributed by atoms with Crippen LogP contribution in [0.3, 0.4) is 0 Å². The number of aromatic nitrogens is 2. The fourth-order valence-corrected chi connectivity index (χ4v) is 2.81. The maximum Gasteiger partial charge on any atom is 0.330 e. The highest BCUT2D eigenvalue weighted by Gasteiger charge is 2.40. The molecule has 2 rings (SSSR count). The minimum absolute atomic E-state index is 0.0263. The number of ether oxygens (including phenoxy) is 1. The first kappa shape index (κ1) is 15.4. The highest BCUT2D eigenvalue weighted by atomic mass is 31.1. The van der Waals surface area contributed by atoms with Gasteiger partial charge in [-0.1, -0.05) is 13.8 Å². The quantitative estimate of drug-likeness (QED) is 0.850. The van der Waals surface area contributed by atoms with Crippen LogP contribution in [-0.4, -0.2) is 28.9 Å². The van der Waals surface area contributed by atoms with E-state index in [9.17, 15) is 9.59 Å². The van der Waals surface area contributed by atoms with E-state index in [1.54, 1.807) is 13.1 Å². The smallest absolute Gasteiger partial charge is 0.330 e. The molecule has 7 heteroatoms. The van der Waals surface area contributed by atoms with Crippen molar-refractivity contribution in [2.75, 3.05) is 13.3 Å².